The van der Waals surface area contributed by atoms with Gasteiger partial charge in [-0.25, -0.2) is 0 Å². The van der Waals surface area contributed by atoms with E-state index in [0.717, 1.165) is 30.0 Å². The van der Waals surface area contributed by atoms with Crippen molar-refractivity contribution in [1.29, 1.82) is 0 Å². The van der Waals surface area contributed by atoms with Gasteiger partial charge in [0.15, 0.2) is 0 Å². The van der Waals surface area contributed by atoms with Gasteiger partial charge in [-0.1, -0.05) is 6.07 Å². The monoisotopic (exact) mass is 193 g/mol. The van der Waals surface area contributed by atoms with Crippen molar-refractivity contribution >= 4 is 5.69 Å². The first-order valence-electron chi connectivity index (χ1n) is 4.80. The quantitative estimate of drug-likeness (QED) is 0.781. The summed E-state index contributed by atoms with van der Waals surface area (Å²) >= 11 is 0. The van der Waals surface area contributed by atoms with Crippen LogP contribution in [0.5, 0.6) is 5.75 Å². The topological polar surface area (TPSA) is 30.5 Å². The maximum absolute atomic E-state index is 5.44. The Balaban J connectivity index is 2.46. The molecule has 1 atom stereocenters. The third-order valence-corrected chi connectivity index (χ3v) is 2.61. The summed E-state index contributed by atoms with van der Waals surface area (Å²) in [5.74, 6) is 0.904. The molecule has 3 nitrogen and oxygen atoms in total. The van der Waals surface area contributed by atoms with Gasteiger partial charge in [-0.3, -0.25) is 0 Å². The number of hydrogen-bond donors (Lipinski definition) is 1. The molecule has 1 aliphatic heterocycles. The first kappa shape index (κ1) is 9.34. The molecule has 1 unspecified atom stereocenters. The Hall–Kier alpha value is -1.22. The highest BCUT2D eigenvalue weighted by molar-refractivity contribution is 5.60. The van der Waals surface area contributed by atoms with Crippen molar-refractivity contribution in [2.75, 3.05) is 26.1 Å². The predicted octanol–water partition coefficient (Wildman–Crippen LogP) is 2.20. The molecule has 0 spiro atoms. The van der Waals surface area contributed by atoms with Gasteiger partial charge < -0.3 is 14.8 Å². The first-order valence-corrected chi connectivity index (χ1v) is 4.80. The van der Waals surface area contributed by atoms with Gasteiger partial charge in [0, 0.05) is 24.9 Å². The lowest BCUT2D eigenvalue weighted by Gasteiger charge is -2.27. The summed E-state index contributed by atoms with van der Waals surface area (Å²) in [6, 6.07) is 6.02. The summed E-state index contributed by atoms with van der Waals surface area (Å²) in [5, 5.41) is 3.34. The molecule has 3 heteroatoms. The number of fused-ring (bicyclic) bond motifs is 1. The standard InChI is InChI=1S/C11H15NO2/c1-13-9-5-3-4-8-11(9)10(14-2)6-7-12-8/h3-5,10,12H,6-7H2,1-2H3. The van der Waals surface area contributed by atoms with Gasteiger partial charge in [0.1, 0.15) is 5.75 Å². The van der Waals surface area contributed by atoms with E-state index >= 15 is 0 Å². The second-order valence-corrected chi connectivity index (χ2v) is 3.36. The zero-order valence-electron chi connectivity index (χ0n) is 8.54. The van der Waals surface area contributed by atoms with Crippen LogP contribution in [0.2, 0.25) is 0 Å². The Labute approximate surface area is 84.0 Å². The van der Waals surface area contributed by atoms with Crippen LogP contribution in [-0.4, -0.2) is 20.8 Å². The molecule has 0 aromatic heterocycles. The van der Waals surface area contributed by atoms with Crippen molar-refractivity contribution in [3.63, 3.8) is 0 Å². The lowest BCUT2D eigenvalue weighted by Crippen LogP contribution is -2.18. The molecule has 0 bridgehead atoms. The van der Waals surface area contributed by atoms with Crippen LogP contribution in [0.3, 0.4) is 0 Å². The Morgan fingerprint density at radius 2 is 2.21 bits per heavy atom. The third-order valence-electron chi connectivity index (χ3n) is 2.61. The molecule has 0 aliphatic carbocycles. The minimum atomic E-state index is 0.155. The lowest BCUT2D eigenvalue weighted by atomic mass is 9.99. The predicted molar refractivity (Wildman–Crippen MR) is 55.9 cm³/mol. The number of anilines is 1. The maximum Gasteiger partial charge on any atom is 0.126 e. The summed E-state index contributed by atoms with van der Waals surface area (Å²) in [6.07, 6.45) is 1.14. The molecule has 0 radical (unpaired) electrons. The molecular weight excluding hydrogens is 178 g/mol. The minimum Gasteiger partial charge on any atom is -0.496 e. The average Bonchev–Trinajstić information content (AvgIpc) is 2.27. The van der Waals surface area contributed by atoms with Crippen LogP contribution in [0.1, 0.15) is 18.1 Å². The summed E-state index contributed by atoms with van der Waals surface area (Å²) in [5.41, 5.74) is 2.27. The van der Waals surface area contributed by atoms with Crippen molar-refractivity contribution < 1.29 is 9.47 Å². The lowest BCUT2D eigenvalue weighted by molar-refractivity contribution is 0.0940. The number of methoxy groups -OCH3 is 2. The Morgan fingerprint density at radius 3 is 2.93 bits per heavy atom. The molecule has 14 heavy (non-hydrogen) atoms. The summed E-state index contributed by atoms with van der Waals surface area (Å²) < 4.78 is 10.8. The number of nitrogens with one attached hydrogen (secondary N) is 1. The minimum absolute atomic E-state index is 0.155. The fourth-order valence-electron chi connectivity index (χ4n) is 1.93. The normalized spacial score (nSPS) is 19.7. The van der Waals surface area contributed by atoms with Gasteiger partial charge in [-0.15, -0.1) is 0 Å². The van der Waals surface area contributed by atoms with Gasteiger partial charge in [-0.05, 0) is 18.6 Å². The highest BCUT2D eigenvalue weighted by atomic mass is 16.5. The van der Waals surface area contributed by atoms with Crippen molar-refractivity contribution in [1.82, 2.24) is 0 Å². The number of rotatable bonds is 2. The van der Waals surface area contributed by atoms with Gasteiger partial charge in [0.05, 0.1) is 13.2 Å². The van der Waals surface area contributed by atoms with E-state index in [0.29, 0.717) is 0 Å². The first-order chi connectivity index (χ1) is 6.86. The van der Waals surface area contributed by atoms with Crippen molar-refractivity contribution in [2.45, 2.75) is 12.5 Å². The molecule has 76 valence electrons. The van der Waals surface area contributed by atoms with E-state index in [-0.39, 0.29) is 6.10 Å². The van der Waals surface area contributed by atoms with Crippen LogP contribution in [0.15, 0.2) is 18.2 Å². The highest BCUT2D eigenvalue weighted by Gasteiger charge is 2.22. The maximum atomic E-state index is 5.44. The van der Waals surface area contributed by atoms with Gasteiger partial charge >= 0.3 is 0 Å². The molecular formula is C11H15NO2. The van der Waals surface area contributed by atoms with Crippen LogP contribution < -0.4 is 10.1 Å². The number of ether oxygens (including phenoxy) is 2. The van der Waals surface area contributed by atoms with Crippen LogP contribution >= 0.6 is 0 Å². The highest BCUT2D eigenvalue weighted by Crippen LogP contribution is 2.38. The Bertz CT molecular complexity index is 311. The average molecular weight is 193 g/mol. The zero-order chi connectivity index (χ0) is 9.97. The molecule has 1 aromatic carbocycles. The van der Waals surface area contributed by atoms with E-state index in [1.165, 1.54) is 0 Å². The SMILES string of the molecule is COc1cccc2c1C(OC)CCN2. The van der Waals surface area contributed by atoms with Crippen molar-refractivity contribution in [3.8, 4) is 5.75 Å². The zero-order valence-corrected chi connectivity index (χ0v) is 8.54. The molecule has 2 rings (SSSR count). The Kier molecular flexibility index (Phi) is 2.59. The molecule has 0 saturated carbocycles. The molecule has 1 aliphatic rings. The molecule has 1 heterocycles. The van der Waals surface area contributed by atoms with E-state index in [9.17, 15) is 0 Å². The van der Waals surface area contributed by atoms with Crippen LogP contribution in [0, 0.1) is 0 Å². The second-order valence-electron chi connectivity index (χ2n) is 3.36. The van der Waals surface area contributed by atoms with E-state index in [1.54, 1.807) is 14.2 Å². The molecule has 0 amide bonds. The third kappa shape index (κ3) is 1.44. The molecule has 0 saturated heterocycles. The van der Waals surface area contributed by atoms with E-state index in [2.05, 4.69) is 11.4 Å². The van der Waals surface area contributed by atoms with Gasteiger partial charge in [-0.2, -0.15) is 0 Å². The van der Waals surface area contributed by atoms with Crippen LogP contribution in [0.25, 0.3) is 0 Å². The van der Waals surface area contributed by atoms with Crippen LogP contribution in [0.4, 0.5) is 5.69 Å². The van der Waals surface area contributed by atoms with Crippen LogP contribution in [-0.2, 0) is 4.74 Å². The molecule has 1 N–H and O–H groups in total. The summed E-state index contributed by atoms with van der Waals surface area (Å²) in [7, 11) is 3.43. The van der Waals surface area contributed by atoms with E-state index in [1.807, 2.05) is 12.1 Å². The van der Waals surface area contributed by atoms with Gasteiger partial charge in [0.25, 0.3) is 0 Å². The van der Waals surface area contributed by atoms with Gasteiger partial charge in [0.2, 0.25) is 0 Å². The second kappa shape index (κ2) is 3.88. The summed E-state index contributed by atoms with van der Waals surface area (Å²) in [6.45, 7) is 0.957. The smallest absolute Gasteiger partial charge is 0.126 e. The van der Waals surface area contributed by atoms with Crippen molar-refractivity contribution in [3.05, 3.63) is 23.8 Å². The van der Waals surface area contributed by atoms with Crippen molar-refractivity contribution in [2.24, 2.45) is 0 Å². The molecule has 0 fully saturated rings. The fourth-order valence-corrected chi connectivity index (χ4v) is 1.93. The largest absolute Gasteiger partial charge is 0.496 e. The van der Waals surface area contributed by atoms with E-state index in [4.69, 9.17) is 9.47 Å². The number of hydrogen-bond acceptors (Lipinski definition) is 3. The Morgan fingerprint density at radius 1 is 1.36 bits per heavy atom. The summed E-state index contributed by atoms with van der Waals surface area (Å²) in [4.78, 5) is 0. The number of benzene rings is 1. The van der Waals surface area contributed by atoms with E-state index < -0.39 is 0 Å². The molecule has 1 aromatic rings. The fraction of sp³-hybridized carbons (Fsp3) is 0.455.